The number of aliphatic carboxylic acids is 1. The minimum absolute atomic E-state index is 0.222. The summed E-state index contributed by atoms with van der Waals surface area (Å²) in [5.41, 5.74) is 13.2. The number of carboxylic acids is 1. The Morgan fingerprint density at radius 2 is 1.81 bits per heavy atom. The molecule has 1 atom stereocenters. The molecular weight excluding hydrogens is 601 g/mol. The van der Waals surface area contributed by atoms with Gasteiger partial charge in [0.05, 0.1) is 11.3 Å². The van der Waals surface area contributed by atoms with Crippen molar-refractivity contribution in [1.29, 1.82) is 5.26 Å². The number of terminal acetylenes is 1. The lowest BCUT2D eigenvalue weighted by Crippen LogP contribution is -2.35. The summed E-state index contributed by atoms with van der Waals surface area (Å²) in [6.07, 6.45) is 24.8. The molecule has 7 heteroatoms. The zero-order valence-corrected chi connectivity index (χ0v) is 31.5. The Morgan fingerprint density at radius 1 is 1.15 bits per heavy atom. The monoisotopic (exact) mass is 662 g/mol. The van der Waals surface area contributed by atoms with Gasteiger partial charge in [0.2, 0.25) is 0 Å². The second-order valence-corrected chi connectivity index (χ2v) is 13.3. The Balaban J connectivity index is 0.00000102. The van der Waals surface area contributed by atoms with Crippen LogP contribution in [0.3, 0.4) is 0 Å². The molecule has 0 bridgehead atoms. The Hall–Kier alpha value is -3.42. The molecule has 0 radical (unpaired) electrons. The van der Waals surface area contributed by atoms with E-state index in [1.54, 1.807) is 18.3 Å². The minimum Gasteiger partial charge on any atom is -0.481 e. The van der Waals surface area contributed by atoms with Gasteiger partial charge in [-0.15, -0.1) is 23.7 Å². The van der Waals surface area contributed by atoms with Crippen LogP contribution in [0, 0.1) is 23.7 Å². The quantitative estimate of drug-likeness (QED) is 0.0947. The molecule has 3 N–H and O–H groups in total. The van der Waals surface area contributed by atoms with Crippen molar-refractivity contribution in [1.82, 2.24) is 0 Å². The molecule has 2 heterocycles. The van der Waals surface area contributed by atoms with Crippen molar-refractivity contribution in [2.75, 3.05) is 5.73 Å². The van der Waals surface area contributed by atoms with Gasteiger partial charge in [0.15, 0.2) is 0 Å². The number of carbonyl (C=O) groups is 1. The highest BCUT2D eigenvalue weighted by Crippen LogP contribution is 2.49. The summed E-state index contributed by atoms with van der Waals surface area (Å²) in [7, 11) is 0. The molecule has 3 rings (SSSR count). The van der Waals surface area contributed by atoms with Crippen LogP contribution in [0.25, 0.3) is 0 Å². The summed E-state index contributed by atoms with van der Waals surface area (Å²) in [4.78, 5) is 20.2. The molecule has 1 aliphatic heterocycles. The Morgan fingerprint density at radius 3 is 2.32 bits per heavy atom. The number of nitrogens with zero attached hydrogens (tertiary/aromatic N) is 3. The van der Waals surface area contributed by atoms with E-state index >= 15 is 0 Å². The fourth-order valence-electron chi connectivity index (χ4n) is 5.25. The summed E-state index contributed by atoms with van der Waals surface area (Å²) in [5, 5.41) is 18.1. The number of aryl methyl sites for hydroxylation is 1. The van der Waals surface area contributed by atoms with Gasteiger partial charge in [-0.05, 0) is 68.2 Å². The number of aliphatic imine (C=N–C) groups is 2. The number of anilines is 1. The first-order chi connectivity index (χ1) is 22.4. The zero-order chi connectivity index (χ0) is 35.8. The molecule has 0 saturated heterocycles. The second kappa shape index (κ2) is 24.7. The lowest BCUT2D eigenvalue weighted by Gasteiger charge is -2.35. The van der Waals surface area contributed by atoms with Gasteiger partial charge < -0.3 is 10.8 Å². The Bertz CT molecular complexity index is 1330. The van der Waals surface area contributed by atoms with E-state index < -0.39 is 5.97 Å². The third kappa shape index (κ3) is 14.9. The third-order valence-corrected chi connectivity index (χ3v) is 9.32. The Labute approximate surface area is 291 Å². The van der Waals surface area contributed by atoms with Crippen molar-refractivity contribution in [2.45, 2.75) is 157 Å². The van der Waals surface area contributed by atoms with Crippen molar-refractivity contribution < 1.29 is 9.90 Å². The van der Waals surface area contributed by atoms with E-state index in [9.17, 15) is 10.1 Å². The lowest BCUT2D eigenvalue weighted by molar-refractivity contribution is -0.136. The van der Waals surface area contributed by atoms with Gasteiger partial charge in [-0.2, -0.15) is 5.26 Å². The standard InChI is InChI=1S/C25H32N4S.C8H14.C4H10.C3H6O2/c1-6-9-17(4)28-13-11-16(3)23-18(7-2)14-21(29-23)25(5)12-8-10-20-22(25)19(15-26)24(27)30-20;1-3-5-7-8-6-4-2;1-3-4-2;1-2-3(4)5/h11,13H,3,6-10,12,14,27H2,1-2,4-5H3;1H,4-8H2,2H3;3-4H2,1-2H3;2H2,1H3,(H,4,5)/b13-11-,28-17?;;;/t25-;;;/m1.../s1. The lowest BCUT2D eigenvalue weighted by atomic mass is 9.68. The van der Waals surface area contributed by atoms with E-state index in [2.05, 4.69) is 72.0 Å². The molecule has 1 aromatic heterocycles. The van der Waals surface area contributed by atoms with E-state index in [-0.39, 0.29) is 11.8 Å². The van der Waals surface area contributed by atoms with Crippen LogP contribution in [-0.4, -0.2) is 22.5 Å². The van der Waals surface area contributed by atoms with Gasteiger partial charge >= 0.3 is 5.97 Å². The van der Waals surface area contributed by atoms with Crippen LogP contribution in [0.2, 0.25) is 0 Å². The molecule has 0 unspecified atom stereocenters. The number of hydrogen-bond donors (Lipinski definition) is 2. The fraction of sp³-hybridized carbons (Fsp3) is 0.600. The molecular formula is C40H62N4O2S. The molecule has 0 fully saturated rings. The number of nitrogen functional groups attached to an aromatic ring is 1. The average molecular weight is 663 g/mol. The zero-order valence-electron chi connectivity index (χ0n) is 30.7. The smallest absolute Gasteiger partial charge is 0.303 e. The van der Waals surface area contributed by atoms with Crippen molar-refractivity contribution in [2.24, 2.45) is 9.98 Å². The number of carboxylic acid groups (broad SMARTS) is 1. The average Bonchev–Trinajstić information content (AvgIpc) is 3.66. The van der Waals surface area contributed by atoms with Gasteiger partial charge in [0, 0.05) is 47.2 Å². The van der Waals surface area contributed by atoms with Crippen molar-refractivity contribution >= 4 is 33.7 Å². The predicted molar refractivity (Wildman–Crippen MR) is 206 cm³/mol. The number of unbranched alkanes of at least 4 members (excludes halogenated alkanes) is 5. The fourth-order valence-corrected chi connectivity index (χ4v) is 6.44. The van der Waals surface area contributed by atoms with E-state index in [0.717, 1.165) is 79.6 Å². The van der Waals surface area contributed by atoms with Crippen LogP contribution in [0.4, 0.5) is 5.00 Å². The summed E-state index contributed by atoms with van der Waals surface area (Å²) >= 11 is 1.58. The molecule has 0 saturated carbocycles. The number of nitrogens with two attached hydrogens (primary N) is 1. The maximum atomic E-state index is 9.75. The molecule has 0 amide bonds. The molecule has 260 valence electrons. The molecule has 0 aromatic carbocycles. The first-order valence-electron chi connectivity index (χ1n) is 17.6. The molecule has 1 aromatic rings. The molecule has 0 spiro atoms. The van der Waals surface area contributed by atoms with Crippen LogP contribution < -0.4 is 5.73 Å². The summed E-state index contributed by atoms with van der Waals surface area (Å²) in [5.74, 6) is 1.88. The van der Waals surface area contributed by atoms with Gasteiger partial charge in [-0.1, -0.05) is 93.6 Å². The largest absolute Gasteiger partial charge is 0.481 e. The van der Waals surface area contributed by atoms with Crippen LogP contribution >= 0.6 is 11.3 Å². The maximum Gasteiger partial charge on any atom is 0.303 e. The highest BCUT2D eigenvalue weighted by molar-refractivity contribution is 7.16. The molecule has 1 aliphatic carbocycles. The topological polar surface area (TPSA) is 112 Å². The molecule has 47 heavy (non-hydrogen) atoms. The minimum atomic E-state index is -0.745. The van der Waals surface area contributed by atoms with Crippen LogP contribution in [0.1, 0.15) is 161 Å². The van der Waals surface area contributed by atoms with Gasteiger partial charge in [0.25, 0.3) is 0 Å². The summed E-state index contributed by atoms with van der Waals surface area (Å²) < 4.78 is 0. The van der Waals surface area contributed by atoms with Crippen molar-refractivity contribution in [3.63, 3.8) is 0 Å². The molecule has 2 aliphatic rings. The number of rotatable bonds is 13. The van der Waals surface area contributed by atoms with E-state index in [4.69, 9.17) is 22.3 Å². The van der Waals surface area contributed by atoms with E-state index in [0.29, 0.717) is 10.6 Å². The Kier molecular flexibility index (Phi) is 22.9. The summed E-state index contributed by atoms with van der Waals surface area (Å²) in [6.45, 7) is 21.1. The number of nitriles is 1. The molecule has 6 nitrogen and oxygen atoms in total. The van der Waals surface area contributed by atoms with Crippen molar-refractivity contribution in [3.8, 4) is 18.4 Å². The first kappa shape index (κ1) is 43.6. The van der Waals surface area contributed by atoms with Crippen molar-refractivity contribution in [3.05, 3.63) is 51.7 Å². The number of fused-ring (bicyclic) bond motifs is 1. The number of allylic oxidation sites excluding steroid dienone is 2. The van der Waals surface area contributed by atoms with Gasteiger partial charge in [-0.3, -0.25) is 14.8 Å². The third-order valence-electron chi connectivity index (χ3n) is 8.24. The van der Waals surface area contributed by atoms with Gasteiger partial charge in [-0.25, -0.2) is 0 Å². The van der Waals surface area contributed by atoms with E-state index in [1.165, 1.54) is 49.0 Å². The summed E-state index contributed by atoms with van der Waals surface area (Å²) in [6, 6.07) is 2.36. The van der Waals surface area contributed by atoms with Gasteiger partial charge in [0.1, 0.15) is 11.1 Å². The number of thiophene rings is 1. The predicted octanol–water partition coefficient (Wildman–Crippen LogP) is 11.5. The maximum absolute atomic E-state index is 9.75. The van der Waals surface area contributed by atoms with Crippen LogP contribution in [0.5, 0.6) is 0 Å². The van der Waals surface area contributed by atoms with Crippen LogP contribution in [0.15, 0.2) is 45.7 Å². The second-order valence-electron chi connectivity index (χ2n) is 12.2. The van der Waals surface area contributed by atoms with E-state index in [1.807, 2.05) is 12.3 Å². The SMILES string of the molecule is C#CCCCCCC.C=C(/C=C\N=C(C)CCC)C1=C(CC)CC([C@@]2(C)CCCc3sc(N)c(C#N)c32)=N1.CCC(=O)O.CCCC. The highest BCUT2D eigenvalue weighted by Gasteiger charge is 2.42. The number of hydrogen-bond acceptors (Lipinski definition) is 6. The highest BCUT2D eigenvalue weighted by atomic mass is 32.1. The van der Waals surface area contributed by atoms with Crippen LogP contribution in [-0.2, 0) is 16.6 Å². The first-order valence-corrected chi connectivity index (χ1v) is 18.4. The normalized spacial score (nSPS) is 16.7.